The van der Waals surface area contributed by atoms with E-state index in [4.69, 9.17) is 5.11 Å². The van der Waals surface area contributed by atoms with Gasteiger partial charge in [0, 0.05) is 0 Å². The molecule has 0 heterocycles. The first kappa shape index (κ1) is 15.6. The Balaban J connectivity index is 0. The van der Waals surface area contributed by atoms with E-state index in [1.807, 2.05) is 14.4 Å². The van der Waals surface area contributed by atoms with Crippen LogP contribution in [-0.4, -0.2) is 10.3 Å². The summed E-state index contributed by atoms with van der Waals surface area (Å²) < 4.78 is 0. The first-order chi connectivity index (χ1) is 6.15. The second-order valence-corrected chi connectivity index (χ2v) is 4.42. The molecule has 0 aliphatic rings. The molecule has 0 aromatic heterocycles. The predicted molar refractivity (Wildman–Crippen MR) is 58.8 cm³/mol. The molecule has 0 saturated carbocycles. The summed E-state index contributed by atoms with van der Waals surface area (Å²) in [4.78, 5) is 0. The van der Waals surface area contributed by atoms with E-state index in [2.05, 4.69) is 31.8 Å². The summed E-state index contributed by atoms with van der Waals surface area (Å²) in [6, 6.07) is 0. The van der Waals surface area contributed by atoms with Gasteiger partial charge in [0.15, 0.2) is 0 Å². The number of unbranched alkanes of at least 4 members (excludes halogenated alkanes) is 2. The third-order valence-electron chi connectivity index (χ3n) is 1.15. The van der Waals surface area contributed by atoms with Crippen LogP contribution in [0.3, 0.4) is 0 Å². The summed E-state index contributed by atoms with van der Waals surface area (Å²) in [7, 11) is 0. The Bertz CT molecular complexity index is 102. The van der Waals surface area contributed by atoms with Crippen LogP contribution in [0.2, 0.25) is 10.8 Å². The van der Waals surface area contributed by atoms with E-state index in [0.717, 1.165) is 0 Å². The Morgan fingerprint density at radius 1 is 1.23 bits per heavy atom. The Morgan fingerprint density at radius 3 is 1.77 bits per heavy atom. The number of thiocarbonyl (C=S) groups is 1. The van der Waals surface area contributed by atoms with Crippen molar-refractivity contribution in [3.8, 4) is 0 Å². The fourth-order valence-corrected chi connectivity index (χ4v) is 1.90. The zero-order valence-corrected chi connectivity index (χ0v) is 10.3. The molecule has 0 radical (unpaired) electrons. The Labute approximate surface area is 93.1 Å². The van der Waals surface area contributed by atoms with Gasteiger partial charge in [0.2, 0.25) is 0 Å². The summed E-state index contributed by atoms with van der Waals surface area (Å²) >= 11 is 5.81. The second-order valence-electron chi connectivity index (χ2n) is 2.52. The van der Waals surface area contributed by atoms with Gasteiger partial charge >= 0.3 is 64.8 Å². The van der Waals surface area contributed by atoms with Crippen molar-refractivity contribution in [3.05, 3.63) is 0 Å². The molecule has 0 saturated heterocycles. The summed E-state index contributed by atoms with van der Waals surface area (Å²) in [6.07, 6.45) is 5.52. The van der Waals surface area contributed by atoms with E-state index >= 15 is 0 Å². The van der Waals surface area contributed by atoms with Gasteiger partial charge in [0.05, 0.1) is 0 Å². The minimum Gasteiger partial charge on any atom is -0.487 e. The molecule has 0 bridgehead atoms. The van der Waals surface area contributed by atoms with Crippen molar-refractivity contribution in [3.63, 3.8) is 0 Å². The van der Waals surface area contributed by atoms with Crippen LogP contribution >= 0.6 is 12.2 Å². The summed E-state index contributed by atoms with van der Waals surface area (Å²) in [5, 5.41) is 9.85. The molecule has 0 spiro atoms. The van der Waals surface area contributed by atoms with Gasteiger partial charge in [0.1, 0.15) is 0 Å². The minimum atomic E-state index is -0.500. The fourth-order valence-electron chi connectivity index (χ4n) is 0.461. The summed E-state index contributed by atoms with van der Waals surface area (Å²) in [5.41, 5.74) is 4.40. The molecule has 4 heteroatoms. The van der Waals surface area contributed by atoms with E-state index in [-0.39, 0.29) is 0 Å². The molecule has 0 fully saturated rings. The van der Waals surface area contributed by atoms with Crippen LogP contribution in [0.15, 0.2) is 0 Å². The third kappa shape index (κ3) is 33.0. The fraction of sp³-hybridized carbons (Fsp3) is 0.889. The molecule has 0 rings (SSSR count). The van der Waals surface area contributed by atoms with Gasteiger partial charge in [-0.2, -0.15) is 0 Å². The monoisotopic (exact) mass is 249 g/mol. The topological polar surface area (TPSA) is 46.2 Å². The van der Waals surface area contributed by atoms with Crippen LogP contribution in [0.25, 0.3) is 0 Å². The molecule has 0 aromatic rings. The largest absolute Gasteiger partial charge is 0.487 e. The molecule has 2 nitrogen and oxygen atoms in total. The maximum Gasteiger partial charge on any atom is 0.251 e. The van der Waals surface area contributed by atoms with Crippen molar-refractivity contribution in [2.75, 3.05) is 0 Å². The second kappa shape index (κ2) is 14.7. The zero-order chi connectivity index (χ0) is 10.5. The molecular weight excluding hydrogens is 229 g/mol. The van der Waals surface area contributed by atoms with Crippen LogP contribution in [-0.2, 0) is 14.4 Å². The Morgan fingerprint density at radius 2 is 1.54 bits per heavy atom. The molecule has 0 amide bonds. The molecule has 3 N–H and O–H groups in total. The number of rotatable bonds is 6. The minimum absolute atomic E-state index is 0.500. The molecule has 0 aliphatic carbocycles. The predicted octanol–water partition coefficient (Wildman–Crippen LogP) is 3.29. The van der Waals surface area contributed by atoms with Crippen molar-refractivity contribution in [1.29, 1.82) is 0 Å². The number of aliphatic hydroxyl groups is 1. The van der Waals surface area contributed by atoms with Gasteiger partial charge in [-0.25, -0.2) is 0 Å². The third-order valence-corrected chi connectivity index (χ3v) is 2.55. The van der Waals surface area contributed by atoms with E-state index in [1.54, 1.807) is 0 Å². The quantitative estimate of drug-likeness (QED) is 0.432. The number of hydrogen-bond donors (Lipinski definition) is 2. The maximum atomic E-state index is 7.56. The summed E-state index contributed by atoms with van der Waals surface area (Å²) in [5.74, 6) is 0. The van der Waals surface area contributed by atoms with Crippen molar-refractivity contribution < 1.29 is 19.5 Å². The van der Waals surface area contributed by atoms with Gasteiger partial charge in [-0.15, -0.1) is 0 Å². The van der Waals surface area contributed by atoms with Crippen LogP contribution in [0.5, 0.6) is 0 Å². The standard InChI is InChI=1S/2C4H9.CH3NOS.Ni/c2*1-3-4-2;2-1(3)4;/h2*1,3-4H2,2H3;(H3,2,3,4);. The van der Waals surface area contributed by atoms with E-state index in [0.29, 0.717) is 0 Å². The average molecular weight is 250 g/mol. The van der Waals surface area contributed by atoms with Crippen LogP contribution < -0.4 is 5.73 Å². The van der Waals surface area contributed by atoms with Crippen molar-refractivity contribution in [2.24, 2.45) is 5.73 Å². The first-order valence-corrected chi connectivity index (χ1v) is 6.38. The normalized spacial score (nSPS) is 9.08. The van der Waals surface area contributed by atoms with Gasteiger partial charge in [-0.3, -0.25) is 0 Å². The van der Waals surface area contributed by atoms with Crippen LogP contribution in [0.4, 0.5) is 0 Å². The zero-order valence-electron chi connectivity index (χ0n) is 8.49. The van der Waals surface area contributed by atoms with Crippen LogP contribution in [0.1, 0.15) is 39.5 Å². The van der Waals surface area contributed by atoms with E-state index in [1.165, 1.54) is 36.5 Å². The van der Waals surface area contributed by atoms with Crippen molar-refractivity contribution in [2.45, 2.75) is 50.3 Å². The van der Waals surface area contributed by atoms with E-state index in [9.17, 15) is 0 Å². The van der Waals surface area contributed by atoms with Gasteiger partial charge in [-0.05, 0) is 12.2 Å². The Hall–Kier alpha value is 0.184. The first-order valence-electron chi connectivity index (χ1n) is 4.58. The molecule has 0 aliphatic heterocycles. The number of hydrogen-bond acceptors (Lipinski definition) is 1. The van der Waals surface area contributed by atoms with Crippen molar-refractivity contribution >= 4 is 17.4 Å². The smallest absolute Gasteiger partial charge is 0.251 e. The molecule has 0 unspecified atom stereocenters. The molecule has 13 heavy (non-hydrogen) atoms. The van der Waals surface area contributed by atoms with Crippen LogP contribution in [0, 0.1) is 0 Å². The van der Waals surface area contributed by atoms with Crippen molar-refractivity contribution in [1.82, 2.24) is 0 Å². The van der Waals surface area contributed by atoms with E-state index < -0.39 is 5.17 Å². The van der Waals surface area contributed by atoms with Gasteiger partial charge in [-0.1, -0.05) is 0 Å². The average Bonchev–Trinajstić information content (AvgIpc) is 2.03. The number of nitrogens with two attached hydrogens (primary N) is 1. The SMILES string of the molecule is CCC[CH2][Ni][CH2]CCC.NC(O)=S. The maximum absolute atomic E-state index is 7.56. The molecule has 0 atom stereocenters. The Kier molecular flexibility index (Phi) is 17.7. The number of aliphatic hydroxyl groups excluding tert-OH is 1. The van der Waals surface area contributed by atoms with Gasteiger partial charge in [0.25, 0.3) is 5.17 Å². The molecule has 84 valence electrons. The molecule has 0 aromatic carbocycles. The summed E-state index contributed by atoms with van der Waals surface area (Å²) in [6.45, 7) is 4.51. The van der Waals surface area contributed by atoms with Gasteiger partial charge < -0.3 is 10.8 Å². The molecular formula is C9H21NNiOS.